The summed E-state index contributed by atoms with van der Waals surface area (Å²) in [5.41, 5.74) is 1.14. The fraction of sp³-hybridized carbons (Fsp3) is 0.353. The molecule has 0 aliphatic heterocycles. The molecule has 0 aliphatic rings. The van der Waals surface area contributed by atoms with E-state index in [2.05, 4.69) is 17.2 Å². The molecule has 0 radical (unpaired) electrons. The fourth-order valence-corrected chi connectivity index (χ4v) is 2.08. The van der Waals surface area contributed by atoms with E-state index in [0.717, 1.165) is 24.2 Å². The fourth-order valence-electron chi connectivity index (χ4n) is 2.08. The average molecular weight is 315 g/mol. The first-order valence-electron chi connectivity index (χ1n) is 7.61. The molecule has 23 heavy (non-hydrogen) atoms. The number of nitrogens with zero attached hydrogens (tertiary/aromatic N) is 2. The van der Waals surface area contributed by atoms with E-state index in [4.69, 9.17) is 4.74 Å². The highest BCUT2D eigenvalue weighted by molar-refractivity contribution is 5.75. The standard InChI is InChI=1S/C17H21N3O3/c1-3-4-9-18-16(21)11-20-12-19-15(10-17(20)22)13-5-7-14(23-2)8-6-13/h5-8,10,12H,3-4,9,11H2,1-2H3,(H,18,21). The van der Waals surface area contributed by atoms with Crippen molar-refractivity contribution in [2.45, 2.75) is 26.3 Å². The molecule has 1 aromatic heterocycles. The second-order valence-electron chi connectivity index (χ2n) is 5.17. The Morgan fingerprint density at radius 3 is 2.65 bits per heavy atom. The second-order valence-corrected chi connectivity index (χ2v) is 5.17. The Morgan fingerprint density at radius 1 is 1.30 bits per heavy atom. The number of ether oxygens (including phenoxy) is 1. The molecule has 0 fully saturated rings. The molecule has 0 aliphatic carbocycles. The van der Waals surface area contributed by atoms with Gasteiger partial charge in [-0.3, -0.25) is 14.2 Å². The summed E-state index contributed by atoms with van der Waals surface area (Å²) < 4.78 is 6.40. The van der Waals surface area contributed by atoms with Gasteiger partial charge in [-0.25, -0.2) is 4.98 Å². The third-order valence-corrected chi connectivity index (χ3v) is 3.43. The SMILES string of the molecule is CCCCNC(=O)Cn1cnc(-c2ccc(OC)cc2)cc1=O. The van der Waals surface area contributed by atoms with Gasteiger partial charge < -0.3 is 10.1 Å². The maximum atomic E-state index is 12.1. The van der Waals surface area contributed by atoms with E-state index in [1.165, 1.54) is 17.0 Å². The molecular formula is C17H21N3O3. The minimum atomic E-state index is -0.253. The zero-order valence-corrected chi connectivity index (χ0v) is 13.4. The maximum Gasteiger partial charge on any atom is 0.254 e. The first kappa shape index (κ1) is 16.7. The summed E-state index contributed by atoms with van der Waals surface area (Å²) in [6.45, 7) is 2.67. The summed E-state index contributed by atoms with van der Waals surface area (Å²) in [6.07, 6.45) is 3.34. The lowest BCUT2D eigenvalue weighted by molar-refractivity contribution is -0.121. The van der Waals surface area contributed by atoms with Gasteiger partial charge in [0, 0.05) is 18.2 Å². The topological polar surface area (TPSA) is 73.2 Å². The molecule has 1 amide bonds. The number of hydrogen-bond acceptors (Lipinski definition) is 4. The Balaban J connectivity index is 2.08. The maximum absolute atomic E-state index is 12.1. The number of carbonyl (C=O) groups is 1. The summed E-state index contributed by atoms with van der Waals surface area (Å²) in [7, 11) is 1.60. The second kappa shape index (κ2) is 8.12. The Hall–Kier alpha value is -2.63. The van der Waals surface area contributed by atoms with Crippen LogP contribution in [0, 0.1) is 0 Å². The zero-order chi connectivity index (χ0) is 16.7. The van der Waals surface area contributed by atoms with E-state index in [0.29, 0.717) is 12.2 Å². The van der Waals surface area contributed by atoms with Crippen molar-refractivity contribution in [2.24, 2.45) is 0 Å². The van der Waals surface area contributed by atoms with Crippen LogP contribution in [0.3, 0.4) is 0 Å². The molecule has 0 atom stereocenters. The lowest BCUT2D eigenvalue weighted by atomic mass is 10.1. The summed E-state index contributed by atoms with van der Waals surface area (Å²) in [6, 6.07) is 8.72. The number of methoxy groups -OCH3 is 1. The molecule has 1 heterocycles. The normalized spacial score (nSPS) is 10.3. The zero-order valence-electron chi connectivity index (χ0n) is 13.4. The van der Waals surface area contributed by atoms with E-state index in [1.807, 2.05) is 24.3 Å². The average Bonchev–Trinajstić information content (AvgIpc) is 2.57. The van der Waals surface area contributed by atoms with Crippen LogP contribution >= 0.6 is 0 Å². The number of nitrogens with one attached hydrogen (secondary N) is 1. The molecule has 0 unspecified atom stereocenters. The molecule has 6 nitrogen and oxygen atoms in total. The Labute approximate surface area is 135 Å². The number of hydrogen-bond donors (Lipinski definition) is 1. The Kier molecular flexibility index (Phi) is 5.91. The summed E-state index contributed by atoms with van der Waals surface area (Å²) in [5, 5.41) is 2.78. The van der Waals surface area contributed by atoms with Crippen LogP contribution in [0.15, 0.2) is 41.5 Å². The largest absolute Gasteiger partial charge is 0.497 e. The van der Waals surface area contributed by atoms with Gasteiger partial charge in [-0.1, -0.05) is 13.3 Å². The van der Waals surface area contributed by atoms with Gasteiger partial charge in [0.2, 0.25) is 5.91 Å². The van der Waals surface area contributed by atoms with Gasteiger partial charge in [0.05, 0.1) is 19.1 Å². The summed E-state index contributed by atoms with van der Waals surface area (Å²) >= 11 is 0. The molecule has 0 spiro atoms. The van der Waals surface area contributed by atoms with Crippen molar-refractivity contribution in [2.75, 3.05) is 13.7 Å². The van der Waals surface area contributed by atoms with Crippen LogP contribution in [-0.4, -0.2) is 29.1 Å². The third kappa shape index (κ3) is 4.67. The van der Waals surface area contributed by atoms with E-state index < -0.39 is 0 Å². The van der Waals surface area contributed by atoms with Crippen molar-refractivity contribution >= 4 is 5.91 Å². The van der Waals surface area contributed by atoms with Crippen LogP contribution in [0.5, 0.6) is 5.75 Å². The van der Waals surface area contributed by atoms with Crippen LogP contribution in [0.25, 0.3) is 11.3 Å². The van der Waals surface area contributed by atoms with Crippen molar-refractivity contribution in [1.82, 2.24) is 14.9 Å². The van der Waals surface area contributed by atoms with Crippen molar-refractivity contribution in [3.8, 4) is 17.0 Å². The molecule has 0 saturated heterocycles. The molecule has 0 bridgehead atoms. The predicted molar refractivity (Wildman–Crippen MR) is 88.4 cm³/mol. The molecule has 2 rings (SSSR count). The number of carbonyl (C=O) groups excluding carboxylic acids is 1. The predicted octanol–water partition coefficient (Wildman–Crippen LogP) is 1.84. The van der Waals surface area contributed by atoms with Crippen LogP contribution < -0.4 is 15.6 Å². The summed E-state index contributed by atoms with van der Waals surface area (Å²) in [4.78, 5) is 28.1. The first-order chi connectivity index (χ1) is 11.1. The number of benzene rings is 1. The molecule has 0 saturated carbocycles. The molecule has 2 aromatic rings. The molecule has 1 N–H and O–H groups in total. The van der Waals surface area contributed by atoms with Gasteiger partial charge in [0.1, 0.15) is 12.3 Å². The number of unbranched alkanes of at least 4 members (excludes halogenated alkanes) is 1. The lowest BCUT2D eigenvalue weighted by Gasteiger charge is -2.08. The van der Waals surface area contributed by atoms with Gasteiger partial charge in [-0.2, -0.15) is 0 Å². The highest BCUT2D eigenvalue weighted by Gasteiger charge is 2.07. The van der Waals surface area contributed by atoms with E-state index >= 15 is 0 Å². The van der Waals surface area contributed by atoms with Gasteiger partial charge in [-0.15, -0.1) is 0 Å². The molecule has 122 valence electrons. The minimum absolute atomic E-state index is 0.0154. The van der Waals surface area contributed by atoms with Crippen molar-refractivity contribution < 1.29 is 9.53 Å². The Bertz CT molecular complexity index is 708. The number of amides is 1. The van der Waals surface area contributed by atoms with Gasteiger partial charge in [0.25, 0.3) is 5.56 Å². The van der Waals surface area contributed by atoms with Crippen LogP contribution in [0.2, 0.25) is 0 Å². The Morgan fingerprint density at radius 2 is 2.04 bits per heavy atom. The highest BCUT2D eigenvalue weighted by atomic mass is 16.5. The highest BCUT2D eigenvalue weighted by Crippen LogP contribution is 2.19. The number of rotatable bonds is 7. The van der Waals surface area contributed by atoms with Crippen LogP contribution in [0.4, 0.5) is 0 Å². The van der Waals surface area contributed by atoms with E-state index in [1.54, 1.807) is 7.11 Å². The summed E-state index contributed by atoms with van der Waals surface area (Å²) in [5.74, 6) is 0.561. The quantitative estimate of drug-likeness (QED) is 0.791. The van der Waals surface area contributed by atoms with Gasteiger partial charge >= 0.3 is 0 Å². The molecule has 6 heteroatoms. The van der Waals surface area contributed by atoms with Crippen molar-refractivity contribution in [3.05, 3.63) is 47.0 Å². The third-order valence-electron chi connectivity index (χ3n) is 3.43. The lowest BCUT2D eigenvalue weighted by Crippen LogP contribution is -2.32. The minimum Gasteiger partial charge on any atom is -0.497 e. The van der Waals surface area contributed by atoms with E-state index in [-0.39, 0.29) is 18.0 Å². The van der Waals surface area contributed by atoms with Crippen molar-refractivity contribution in [1.29, 1.82) is 0 Å². The molecule has 1 aromatic carbocycles. The van der Waals surface area contributed by atoms with Gasteiger partial charge in [0.15, 0.2) is 0 Å². The smallest absolute Gasteiger partial charge is 0.254 e. The van der Waals surface area contributed by atoms with Gasteiger partial charge in [-0.05, 0) is 30.7 Å². The molecular weight excluding hydrogens is 294 g/mol. The first-order valence-corrected chi connectivity index (χ1v) is 7.61. The number of aromatic nitrogens is 2. The van der Waals surface area contributed by atoms with E-state index in [9.17, 15) is 9.59 Å². The van der Waals surface area contributed by atoms with Crippen LogP contribution in [-0.2, 0) is 11.3 Å². The monoisotopic (exact) mass is 315 g/mol. The van der Waals surface area contributed by atoms with Crippen molar-refractivity contribution in [3.63, 3.8) is 0 Å². The van der Waals surface area contributed by atoms with Crippen LogP contribution in [0.1, 0.15) is 19.8 Å².